The zero-order valence-electron chi connectivity index (χ0n) is 10.5. The molecule has 0 aliphatic rings. The Bertz CT molecular complexity index is 602. The molecule has 0 spiro atoms. The molecule has 1 N–H and O–H groups in total. The topological polar surface area (TPSA) is 54.7 Å². The predicted molar refractivity (Wildman–Crippen MR) is 73.7 cm³/mol. The van der Waals surface area contributed by atoms with Crippen LogP contribution in [0, 0.1) is 5.95 Å². The van der Waals surface area contributed by atoms with Crippen LogP contribution in [0.25, 0.3) is 0 Å². The summed E-state index contributed by atoms with van der Waals surface area (Å²) < 4.78 is 18.2. The summed E-state index contributed by atoms with van der Waals surface area (Å²) in [4.78, 5) is 3.61. The van der Waals surface area contributed by atoms with Crippen LogP contribution in [0.5, 0.6) is 5.88 Å². The highest BCUT2D eigenvalue weighted by molar-refractivity contribution is 6.65. The van der Waals surface area contributed by atoms with Crippen molar-refractivity contribution >= 4 is 16.8 Å². The van der Waals surface area contributed by atoms with Crippen LogP contribution >= 0.6 is 11.6 Å². The molecular weight excluding hydrogens is 283 g/mol. The third kappa shape index (κ3) is 4.20. The Morgan fingerprint density at radius 3 is 2.55 bits per heavy atom. The van der Waals surface area contributed by atoms with E-state index in [0.29, 0.717) is 13.0 Å². The lowest BCUT2D eigenvalue weighted by atomic mass is 10.1. The number of pyridine rings is 1. The van der Waals surface area contributed by atoms with Crippen molar-refractivity contribution < 1.29 is 14.3 Å². The van der Waals surface area contributed by atoms with Crippen LogP contribution in [0.3, 0.4) is 0 Å². The van der Waals surface area contributed by atoms with Gasteiger partial charge in [-0.15, -0.1) is 0 Å². The Labute approximate surface area is 120 Å². The van der Waals surface area contributed by atoms with Crippen molar-refractivity contribution in [3.63, 3.8) is 0 Å². The van der Waals surface area contributed by atoms with Crippen LogP contribution in [-0.2, 0) is 13.0 Å². The number of nitrogens with zero attached hydrogens (tertiary/aromatic N) is 2. The molecule has 0 aliphatic carbocycles. The fourth-order valence-electron chi connectivity index (χ4n) is 1.58. The summed E-state index contributed by atoms with van der Waals surface area (Å²) >= 11 is 5.63. The lowest BCUT2D eigenvalue weighted by Crippen LogP contribution is -1.99. The van der Waals surface area contributed by atoms with Gasteiger partial charge in [0.25, 0.3) is 0 Å². The number of benzene rings is 1. The number of oxime groups is 1. The Hall–Kier alpha value is -2.14. The van der Waals surface area contributed by atoms with Gasteiger partial charge in [-0.25, -0.2) is 0 Å². The summed E-state index contributed by atoms with van der Waals surface area (Å²) in [5.74, 6) is -0.333. The Morgan fingerprint density at radius 1 is 1.20 bits per heavy atom. The highest BCUT2D eigenvalue weighted by atomic mass is 35.5. The van der Waals surface area contributed by atoms with E-state index in [9.17, 15) is 4.39 Å². The molecule has 1 heterocycles. The van der Waals surface area contributed by atoms with Gasteiger partial charge in [0.15, 0.2) is 0 Å². The molecule has 0 bridgehead atoms. The van der Waals surface area contributed by atoms with Gasteiger partial charge in [0.05, 0.1) is 0 Å². The Balaban J connectivity index is 1.94. The maximum atomic E-state index is 12.9. The van der Waals surface area contributed by atoms with Crippen molar-refractivity contribution in [1.82, 2.24) is 4.98 Å². The van der Waals surface area contributed by atoms with Crippen LogP contribution in [-0.4, -0.2) is 15.4 Å². The van der Waals surface area contributed by atoms with Gasteiger partial charge < -0.3 is 9.94 Å². The first-order chi connectivity index (χ1) is 9.67. The Kier molecular flexibility index (Phi) is 4.90. The summed E-state index contributed by atoms with van der Waals surface area (Å²) in [6, 6.07) is 11.8. The van der Waals surface area contributed by atoms with E-state index in [1.54, 1.807) is 6.07 Å². The number of hydrogen-bond acceptors (Lipinski definition) is 4. The molecule has 1 aromatic heterocycles. The van der Waals surface area contributed by atoms with E-state index in [2.05, 4.69) is 10.1 Å². The van der Waals surface area contributed by atoms with Crippen LogP contribution in [0.4, 0.5) is 4.39 Å². The smallest absolute Gasteiger partial charge is 0.216 e. The predicted octanol–water partition coefficient (Wildman–Crippen LogP) is 3.37. The molecular formula is C14H12ClFN2O2. The van der Waals surface area contributed by atoms with Crippen LogP contribution in [0.1, 0.15) is 11.1 Å². The second-order valence-corrected chi connectivity index (χ2v) is 4.49. The number of halogens is 2. The van der Waals surface area contributed by atoms with Crippen LogP contribution < -0.4 is 4.74 Å². The molecule has 0 saturated heterocycles. The molecule has 0 fully saturated rings. The zero-order valence-corrected chi connectivity index (χ0v) is 11.2. The molecule has 6 heteroatoms. The molecule has 1 aromatic carbocycles. The fourth-order valence-corrected chi connectivity index (χ4v) is 1.74. The minimum Gasteiger partial charge on any atom is -0.473 e. The largest absolute Gasteiger partial charge is 0.473 e. The van der Waals surface area contributed by atoms with Crippen molar-refractivity contribution in [2.24, 2.45) is 5.16 Å². The molecule has 104 valence electrons. The van der Waals surface area contributed by atoms with Gasteiger partial charge in [0.1, 0.15) is 11.8 Å². The van der Waals surface area contributed by atoms with E-state index in [-0.39, 0.29) is 11.1 Å². The number of ether oxygens (including phenoxy) is 1. The molecule has 2 aromatic rings. The molecule has 0 amide bonds. The summed E-state index contributed by atoms with van der Waals surface area (Å²) in [6.45, 7) is 0.290. The molecule has 0 unspecified atom stereocenters. The average Bonchev–Trinajstić information content (AvgIpc) is 2.46. The molecule has 20 heavy (non-hydrogen) atoms. The molecule has 0 radical (unpaired) electrons. The maximum Gasteiger partial charge on any atom is 0.216 e. The standard InChI is InChI=1S/C14H12ClFN2O2/c15-12(18-19)8-10-4-6-11(7-5-10)9-20-14-3-1-2-13(16)17-14/h1-7,19H,8-9H2/b18-12-. The molecule has 0 atom stereocenters. The van der Waals surface area contributed by atoms with Gasteiger partial charge in [0, 0.05) is 12.5 Å². The van der Waals surface area contributed by atoms with Crippen molar-refractivity contribution in [2.75, 3.05) is 0 Å². The van der Waals surface area contributed by atoms with E-state index in [1.165, 1.54) is 12.1 Å². The first-order valence-corrected chi connectivity index (χ1v) is 6.25. The van der Waals surface area contributed by atoms with Gasteiger partial charge in [-0.1, -0.05) is 47.1 Å². The second kappa shape index (κ2) is 6.86. The van der Waals surface area contributed by atoms with E-state index < -0.39 is 5.95 Å². The molecule has 0 saturated carbocycles. The van der Waals surface area contributed by atoms with Crippen molar-refractivity contribution in [3.8, 4) is 5.88 Å². The van der Waals surface area contributed by atoms with Gasteiger partial charge >= 0.3 is 0 Å². The lowest BCUT2D eigenvalue weighted by molar-refractivity contribution is 0.289. The van der Waals surface area contributed by atoms with Gasteiger partial charge in [-0.05, 0) is 17.2 Å². The number of aromatic nitrogens is 1. The monoisotopic (exact) mass is 294 g/mol. The Morgan fingerprint density at radius 2 is 1.90 bits per heavy atom. The average molecular weight is 295 g/mol. The summed E-state index contributed by atoms with van der Waals surface area (Å²) in [7, 11) is 0. The first kappa shape index (κ1) is 14.3. The molecule has 4 nitrogen and oxygen atoms in total. The summed E-state index contributed by atoms with van der Waals surface area (Å²) in [5, 5.41) is 11.5. The SMILES string of the molecule is O/N=C(\Cl)Cc1ccc(COc2cccc(F)n2)cc1. The lowest BCUT2D eigenvalue weighted by Gasteiger charge is -2.06. The van der Waals surface area contributed by atoms with E-state index in [4.69, 9.17) is 21.5 Å². The van der Waals surface area contributed by atoms with E-state index in [0.717, 1.165) is 11.1 Å². The highest BCUT2D eigenvalue weighted by Crippen LogP contribution is 2.11. The first-order valence-electron chi connectivity index (χ1n) is 5.87. The van der Waals surface area contributed by atoms with Gasteiger partial charge in [0.2, 0.25) is 11.8 Å². The van der Waals surface area contributed by atoms with Gasteiger partial charge in [-0.2, -0.15) is 9.37 Å². The number of hydrogen-bond donors (Lipinski definition) is 1. The second-order valence-electron chi connectivity index (χ2n) is 4.06. The van der Waals surface area contributed by atoms with Gasteiger partial charge in [-0.3, -0.25) is 0 Å². The fraction of sp³-hybridized carbons (Fsp3) is 0.143. The zero-order chi connectivity index (χ0) is 14.4. The van der Waals surface area contributed by atoms with Crippen molar-refractivity contribution in [1.29, 1.82) is 0 Å². The van der Waals surface area contributed by atoms with E-state index >= 15 is 0 Å². The minimum absolute atomic E-state index is 0.123. The number of rotatable bonds is 5. The molecule has 0 aliphatic heterocycles. The summed E-state index contributed by atoms with van der Waals surface area (Å²) in [6.07, 6.45) is 0.366. The molecule has 2 rings (SSSR count). The summed E-state index contributed by atoms with van der Waals surface area (Å²) in [5.41, 5.74) is 1.83. The van der Waals surface area contributed by atoms with Crippen molar-refractivity contribution in [3.05, 3.63) is 59.5 Å². The van der Waals surface area contributed by atoms with Crippen LogP contribution in [0.15, 0.2) is 47.6 Å². The minimum atomic E-state index is -0.573. The normalized spacial score (nSPS) is 11.4. The maximum absolute atomic E-state index is 12.9. The van der Waals surface area contributed by atoms with Crippen LogP contribution in [0.2, 0.25) is 0 Å². The highest BCUT2D eigenvalue weighted by Gasteiger charge is 2.01. The quantitative estimate of drug-likeness (QED) is 0.398. The third-order valence-corrected chi connectivity index (χ3v) is 2.77. The van der Waals surface area contributed by atoms with Crippen molar-refractivity contribution in [2.45, 2.75) is 13.0 Å². The third-order valence-electron chi connectivity index (χ3n) is 2.56. The van der Waals surface area contributed by atoms with E-state index in [1.807, 2.05) is 24.3 Å².